The average molecular weight is 396 g/mol. The summed E-state index contributed by atoms with van der Waals surface area (Å²) in [4.78, 5) is 26.5. The maximum absolute atomic E-state index is 12.6. The van der Waals surface area contributed by atoms with Crippen molar-refractivity contribution in [2.75, 3.05) is 40.0 Å². The molecule has 1 aliphatic heterocycles. The summed E-state index contributed by atoms with van der Waals surface area (Å²) in [6.45, 7) is 2.23. The van der Waals surface area contributed by atoms with Crippen LogP contribution in [0.15, 0.2) is 54.6 Å². The largest absolute Gasteiger partial charge is 0.382 e. The van der Waals surface area contributed by atoms with Crippen LogP contribution >= 0.6 is 0 Å². The van der Waals surface area contributed by atoms with Crippen molar-refractivity contribution in [3.63, 3.8) is 0 Å². The van der Waals surface area contributed by atoms with E-state index in [1.54, 1.807) is 12.0 Å². The molecule has 0 atom stereocenters. The molecular formula is C23H28N2O4. The van der Waals surface area contributed by atoms with E-state index in [0.717, 1.165) is 24.0 Å². The third-order valence-electron chi connectivity index (χ3n) is 5.09. The van der Waals surface area contributed by atoms with Gasteiger partial charge in [-0.2, -0.15) is 0 Å². The summed E-state index contributed by atoms with van der Waals surface area (Å²) in [6, 6.07) is 17.8. The molecule has 1 N–H and O–H groups in total. The SMILES string of the molecule is COCCOCC(=O)N1CCC(NC(=O)c2ccc(-c3ccccc3)cc2)CC1. The smallest absolute Gasteiger partial charge is 0.251 e. The summed E-state index contributed by atoms with van der Waals surface area (Å²) in [7, 11) is 1.60. The van der Waals surface area contributed by atoms with Gasteiger partial charge < -0.3 is 19.7 Å². The molecule has 0 radical (unpaired) electrons. The van der Waals surface area contributed by atoms with E-state index in [0.29, 0.717) is 31.9 Å². The summed E-state index contributed by atoms with van der Waals surface area (Å²) in [6.07, 6.45) is 1.50. The molecule has 2 aromatic rings. The van der Waals surface area contributed by atoms with Crippen molar-refractivity contribution >= 4 is 11.8 Å². The molecule has 6 nitrogen and oxygen atoms in total. The number of piperidine rings is 1. The molecule has 0 saturated carbocycles. The van der Waals surface area contributed by atoms with E-state index in [1.165, 1.54) is 0 Å². The Morgan fingerprint density at radius 3 is 2.28 bits per heavy atom. The fourth-order valence-corrected chi connectivity index (χ4v) is 3.38. The van der Waals surface area contributed by atoms with E-state index in [1.807, 2.05) is 54.6 Å². The summed E-state index contributed by atoms with van der Waals surface area (Å²) in [5.41, 5.74) is 2.86. The van der Waals surface area contributed by atoms with Crippen LogP contribution in [-0.4, -0.2) is 62.8 Å². The van der Waals surface area contributed by atoms with E-state index in [2.05, 4.69) is 5.32 Å². The molecular weight excluding hydrogens is 368 g/mol. The third kappa shape index (κ3) is 6.14. The van der Waals surface area contributed by atoms with Crippen LogP contribution in [0.4, 0.5) is 0 Å². The van der Waals surface area contributed by atoms with Gasteiger partial charge in [0.05, 0.1) is 13.2 Å². The lowest BCUT2D eigenvalue weighted by molar-refractivity contribution is -0.137. The molecule has 0 unspecified atom stereocenters. The molecule has 1 fully saturated rings. The first kappa shape index (κ1) is 21.0. The van der Waals surface area contributed by atoms with Gasteiger partial charge in [-0.25, -0.2) is 0 Å². The molecule has 0 aliphatic carbocycles. The molecule has 2 aromatic carbocycles. The number of nitrogens with zero attached hydrogens (tertiary/aromatic N) is 1. The van der Waals surface area contributed by atoms with Crippen molar-refractivity contribution < 1.29 is 19.1 Å². The Morgan fingerprint density at radius 2 is 1.62 bits per heavy atom. The number of hydrogen-bond donors (Lipinski definition) is 1. The molecule has 1 heterocycles. The number of nitrogens with one attached hydrogen (secondary N) is 1. The summed E-state index contributed by atoms with van der Waals surface area (Å²) < 4.78 is 10.2. The Morgan fingerprint density at radius 1 is 0.966 bits per heavy atom. The van der Waals surface area contributed by atoms with Crippen molar-refractivity contribution in [2.24, 2.45) is 0 Å². The molecule has 6 heteroatoms. The second kappa shape index (κ2) is 10.7. The van der Waals surface area contributed by atoms with Crippen LogP contribution < -0.4 is 5.32 Å². The lowest BCUT2D eigenvalue weighted by Crippen LogP contribution is -2.47. The molecule has 1 aliphatic rings. The fraction of sp³-hybridized carbons (Fsp3) is 0.391. The van der Waals surface area contributed by atoms with Crippen molar-refractivity contribution in [3.05, 3.63) is 60.2 Å². The average Bonchev–Trinajstić information content (AvgIpc) is 2.78. The Kier molecular flexibility index (Phi) is 7.78. The minimum absolute atomic E-state index is 0.0117. The molecule has 2 amide bonds. The maximum Gasteiger partial charge on any atom is 0.251 e. The zero-order chi connectivity index (χ0) is 20.5. The topological polar surface area (TPSA) is 67.9 Å². The van der Waals surface area contributed by atoms with Crippen LogP contribution in [0.1, 0.15) is 23.2 Å². The van der Waals surface area contributed by atoms with Crippen molar-refractivity contribution in [1.29, 1.82) is 0 Å². The lowest BCUT2D eigenvalue weighted by atomic mass is 10.0. The number of amides is 2. The van der Waals surface area contributed by atoms with Crippen LogP contribution in [0.2, 0.25) is 0 Å². The van der Waals surface area contributed by atoms with Gasteiger partial charge in [0.2, 0.25) is 5.91 Å². The molecule has 0 aromatic heterocycles. The van der Waals surface area contributed by atoms with Gasteiger partial charge >= 0.3 is 0 Å². The lowest BCUT2D eigenvalue weighted by Gasteiger charge is -2.32. The van der Waals surface area contributed by atoms with Crippen LogP contribution in [0.25, 0.3) is 11.1 Å². The highest BCUT2D eigenvalue weighted by atomic mass is 16.5. The molecule has 0 spiro atoms. The van der Waals surface area contributed by atoms with Gasteiger partial charge in [-0.05, 0) is 36.1 Å². The first-order valence-electron chi connectivity index (χ1n) is 9.98. The van der Waals surface area contributed by atoms with Gasteiger partial charge in [0, 0.05) is 31.8 Å². The number of ether oxygens (including phenoxy) is 2. The van der Waals surface area contributed by atoms with Gasteiger partial charge in [0.15, 0.2) is 0 Å². The Hall–Kier alpha value is -2.70. The van der Waals surface area contributed by atoms with Crippen LogP contribution in [0, 0.1) is 0 Å². The van der Waals surface area contributed by atoms with E-state index < -0.39 is 0 Å². The maximum atomic E-state index is 12.6. The zero-order valence-corrected chi connectivity index (χ0v) is 16.8. The highest BCUT2D eigenvalue weighted by Crippen LogP contribution is 2.19. The van der Waals surface area contributed by atoms with Crippen molar-refractivity contribution in [3.8, 4) is 11.1 Å². The van der Waals surface area contributed by atoms with Crippen LogP contribution in [0.5, 0.6) is 0 Å². The number of benzene rings is 2. The van der Waals surface area contributed by atoms with E-state index >= 15 is 0 Å². The molecule has 29 heavy (non-hydrogen) atoms. The van der Waals surface area contributed by atoms with Gasteiger partial charge in [-0.1, -0.05) is 42.5 Å². The summed E-state index contributed by atoms with van der Waals surface area (Å²) in [5.74, 6) is -0.0836. The normalized spacial score (nSPS) is 14.6. The predicted octanol–water partition coefficient (Wildman–Crippen LogP) is 2.74. The number of methoxy groups -OCH3 is 1. The first-order chi connectivity index (χ1) is 14.2. The molecule has 3 rings (SSSR count). The van der Waals surface area contributed by atoms with Crippen LogP contribution in [-0.2, 0) is 14.3 Å². The monoisotopic (exact) mass is 396 g/mol. The fourth-order valence-electron chi connectivity index (χ4n) is 3.38. The number of hydrogen-bond acceptors (Lipinski definition) is 4. The Labute approximate surface area is 171 Å². The number of rotatable bonds is 8. The number of likely N-dealkylation sites (tertiary alicyclic amines) is 1. The summed E-state index contributed by atoms with van der Waals surface area (Å²) in [5, 5.41) is 3.09. The van der Waals surface area contributed by atoms with E-state index in [-0.39, 0.29) is 24.5 Å². The van der Waals surface area contributed by atoms with Gasteiger partial charge in [0.25, 0.3) is 5.91 Å². The highest BCUT2D eigenvalue weighted by molar-refractivity contribution is 5.94. The zero-order valence-electron chi connectivity index (χ0n) is 16.8. The van der Waals surface area contributed by atoms with Gasteiger partial charge in [-0.15, -0.1) is 0 Å². The molecule has 1 saturated heterocycles. The van der Waals surface area contributed by atoms with Gasteiger partial charge in [-0.3, -0.25) is 9.59 Å². The second-order valence-electron chi connectivity index (χ2n) is 7.12. The number of carbonyl (C=O) groups is 2. The second-order valence-corrected chi connectivity index (χ2v) is 7.12. The van der Waals surface area contributed by atoms with Crippen LogP contribution in [0.3, 0.4) is 0 Å². The van der Waals surface area contributed by atoms with Crippen molar-refractivity contribution in [1.82, 2.24) is 10.2 Å². The number of carbonyl (C=O) groups excluding carboxylic acids is 2. The minimum atomic E-state index is -0.0720. The molecule has 0 bridgehead atoms. The van der Waals surface area contributed by atoms with E-state index in [4.69, 9.17) is 9.47 Å². The molecule has 154 valence electrons. The van der Waals surface area contributed by atoms with Crippen molar-refractivity contribution in [2.45, 2.75) is 18.9 Å². The quantitative estimate of drug-likeness (QED) is 0.697. The Bertz CT molecular complexity index is 784. The summed E-state index contributed by atoms with van der Waals surface area (Å²) >= 11 is 0. The predicted molar refractivity (Wildman–Crippen MR) is 112 cm³/mol. The van der Waals surface area contributed by atoms with Gasteiger partial charge in [0.1, 0.15) is 6.61 Å². The highest BCUT2D eigenvalue weighted by Gasteiger charge is 2.24. The first-order valence-corrected chi connectivity index (χ1v) is 9.98. The standard InChI is InChI=1S/C23H28N2O4/c1-28-15-16-29-17-22(26)25-13-11-21(12-14-25)24-23(27)20-9-7-19(8-10-20)18-5-3-2-4-6-18/h2-10,21H,11-17H2,1H3,(H,24,27). The third-order valence-corrected chi connectivity index (χ3v) is 5.09. The minimum Gasteiger partial charge on any atom is -0.382 e. The van der Waals surface area contributed by atoms with E-state index in [9.17, 15) is 9.59 Å². The Balaban J connectivity index is 1.44.